The molecule has 0 atom stereocenters. The number of benzene rings is 4. The van der Waals surface area contributed by atoms with Crippen LogP contribution in [0.25, 0.3) is 12.2 Å². The third kappa shape index (κ3) is 12.1. The summed E-state index contributed by atoms with van der Waals surface area (Å²) in [6.07, 6.45) is 3.43. The number of aliphatic hydroxyl groups is 2. The van der Waals surface area contributed by atoms with Gasteiger partial charge in [0, 0.05) is 88.2 Å². The van der Waals surface area contributed by atoms with Crippen LogP contribution >= 0.6 is 0 Å². The second kappa shape index (κ2) is 20.8. The van der Waals surface area contributed by atoms with Gasteiger partial charge in [0.05, 0.1) is 13.2 Å². The van der Waals surface area contributed by atoms with Gasteiger partial charge in [-0.2, -0.15) is 38.3 Å². The summed E-state index contributed by atoms with van der Waals surface area (Å²) in [7, 11) is -4.67. The van der Waals surface area contributed by atoms with E-state index in [1.54, 1.807) is 24.3 Å². The monoisotopic (exact) mass is 900 g/mol. The Kier molecular flexibility index (Phi) is 14.3. The maximum atomic E-state index is 12.8. The Morgan fingerprint density at radius 1 is 0.523 bits per heavy atom. The molecule has 8 rings (SSSR count). The third-order valence-corrected chi connectivity index (χ3v) is 11.9. The molecule has 2 saturated heterocycles. The molecule has 0 saturated carbocycles. The van der Waals surface area contributed by atoms with Crippen molar-refractivity contribution in [1.29, 1.82) is 0 Å². The average molecular weight is 901 g/mol. The van der Waals surface area contributed by atoms with Crippen LogP contribution in [0, 0.1) is 6.92 Å². The zero-order valence-electron chi connectivity index (χ0n) is 35.9. The number of nitrogens with zero attached hydrogens (tertiary/aromatic N) is 10. The summed E-state index contributed by atoms with van der Waals surface area (Å²) >= 11 is 0. The molecule has 0 amide bonds. The van der Waals surface area contributed by atoms with Gasteiger partial charge in [-0.25, -0.2) is 0 Å². The molecular weight excluding hydrogens is 849 g/mol. The topological polar surface area (TPSA) is 233 Å². The van der Waals surface area contributed by atoms with Crippen molar-refractivity contribution >= 4 is 80.7 Å². The Balaban J connectivity index is 1.00. The number of aromatic nitrogens is 6. The van der Waals surface area contributed by atoms with Crippen LogP contribution in [0.15, 0.2) is 102 Å². The second-order valence-corrected chi connectivity index (χ2v) is 16.9. The van der Waals surface area contributed by atoms with Gasteiger partial charge in [0.1, 0.15) is 4.90 Å². The van der Waals surface area contributed by atoms with E-state index in [1.165, 1.54) is 6.07 Å². The number of hydrogen-bond donors (Lipinski definition) is 7. The van der Waals surface area contributed by atoms with Crippen LogP contribution in [0.5, 0.6) is 0 Å². The van der Waals surface area contributed by atoms with Crippen molar-refractivity contribution in [2.24, 2.45) is 0 Å². The summed E-state index contributed by atoms with van der Waals surface area (Å²) < 4.78 is 36.0. The summed E-state index contributed by atoms with van der Waals surface area (Å²) in [6, 6.07) is 29.5. The van der Waals surface area contributed by atoms with E-state index in [0.717, 1.165) is 54.4 Å². The van der Waals surface area contributed by atoms with Crippen molar-refractivity contribution < 1.29 is 23.2 Å². The lowest BCUT2D eigenvalue weighted by atomic mass is 10.1. The molecule has 65 heavy (non-hydrogen) atoms. The predicted molar refractivity (Wildman–Crippen MR) is 254 cm³/mol. The number of piperazine rings is 2. The molecule has 2 fully saturated rings. The first-order valence-electron chi connectivity index (χ1n) is 21.4. The molecule has 4 aromatic carbocycles. The first kappa shape index (κ1) is 44.8. The zero-order valence-corrected chi connectivity index (χ0v) is 36.7. The fraction of sp³-hybridized carbons (Fsp3) is 0.289. The second-order valence-electron chi connectivity index (χ2n) is 15.5. The van der Waals surface area contributed by atoms with Crippen molar-refractivity contribution in [3.8, 4) is 0 Å². The molecule has 2 aliphatic heterocycles. The van der Waals surface area contributed by atoms with E-state index in [2.05, 4.69) is 55.9 Å². The SMILES string of the molecule is Cc1cc(Nc2nc(Nc3ccccc3)nc(N3CCN(CCO)CC3)n2)ccc1/C=C/c1ccc(Nc2nc(Nc3ccccc3)nc(N3CCN(CCO)CC3)n2)cc1S(=O)(=O)O. The molecule has 0 radical (unpaired) electrons. The Bertz CT molecular complexity index is 2680. The van der Waals surface area contributed by atoms with Crippen molar-refractivity contribution in [2.75, 3.05) is 110 Å². The van der Waals surface area contributed by atoms with E-state index in [4.69, 9.17) is 9.97 Å². The molecule has 2 aliphatic rings. The lowest BCUT2D eigenvalue weighted by Gasteiger charge is -2.34. The van der Waals surface area contributed by atoms with Gasteiger partial charge in [-0.1, -0.05) is 60.7 Å². The quantitative estimate of drug-likeness (QED) is 0.0472. The van der Waals surface area contributed by atoms with E-state index in [9.17, 15) is 23.2 Å². The molecule has 0 unspecified atom stereocenters. The summed E-state index contributed by atoms with van der Waals surface area (Å²) in [5.74, 6) is 2.18. The molecule has 338 valence electrons. The molecule has 7 N–H and O–H groups in total. The predicted octanol–water partition coefficient (Wildman–Crippen LogP) is 4.99. The highest BCUT2D eigenvalue weighted by atomic mass is 32.2. The Hall–Kier alpha value is -6.81. The number of β-amino-alcohol motifs (C(OH)–C–C–N with tert-alkyl or cyclic N) is 2. The highest BCUT2D eigenvalue weighted by molar-refractivity contribution is 7.86. The van der Waals surface area contributed by atoms with Crippen LogP contribution in [0.3, 0.4) is 0 Å². The normalized spacial score (nSPS) is 15.0. The molecule has 2 aromatic heterocycles. The Morgan fingerprint density at radius 2 is 0.923 bits per heavy atom. The van der Waals surface area contributed by atoms with Gasteiger partial charge < -0.3 is 41.3 Å². The van der Waals surface area contributed by atoms with E-state index in [1.807, 2.05) is 90.7 Å². The minimum atomic E-state index is -4.67. The average Bonchev–Trinajstić information content (AvgIpc) is 3.30. The number of aryl methyl sites for hydroxylation is 1. The molecular formula is C45H52N14O5S. The van der Waals surface area contributed by atoms with E-state index >= 15 is 0 Å². The first-order valence-corrected chi connectivity index (χ1v) is 22.8. The van der Waals surface area contributed by atoms with Crippen LogP contribution in [0.4, 0.5) is 58.4 Å². The molecule has 0 bridgehead atoms. The lowest BCUT2D eigenvalue weighted by Crippen LogP contribution is -2.47. The Morgan fingerprint density at radius 3 is 1.34 bits per heavy atom. The molecule has 4 heterocycles. The van der Waals surface area contributed by atoms with Gasteiger partial charge in [0.2, 0.25) is 35.7 Å². The smallest absolute Gasteiger partial charge is 0.295 e. The maximum absolute atomic E-state index is 12.8. The molecule has 19 nitrogen and oxygen atoms in total. The van der Waals surface area contributed by atoms with Crippen LogP contribution in [0.2, 0.25) is 0 Å². The maximum Gasteiger partial charge on any atom is 0.295 e. The van der Waals surface area contributed by atoms with Crippen molar-refractivity contribution in [1.82, 2.24) is 39.7 Å². The lowest BCUT2D eigenvalue weighted by molar-refractivity contribution is 0.188. The van der Waals surface area contributed by atoms with Crippen LogP contribution in [-0.4, -0.2) is 142 Å². The molecule has 20 heteroatoms. The van der Waals surface area contributed by atoms with E-state index in [-0.39, 0.29) is 29.6 Å². The highest BCUT2D eigenvalue weighted by Gasteiger charge is 2.23. The van der Waals surface area contributed by atoms with E-state index in [0.29, 0.717) is 74.7 Å². The number of para-hydroxylation sites is 2. The fourth-order valence-electron chi connectivity index (χ4n) is 7.51. The van der Waals surface area contributed by atoms with Crippen LogP contribution < -0.4 is 31.1 Å². The standard InChI is InChI=1S/C45H52N14O5S/c1-32-30-37(48-42-50-40(46-35-8-4-2-5-9-35)52-44(54-42)58-22-18-56(19-23-58)26-28-60)16-14-33(32)12-13-34-15-17-38(31-39(34)65(62,63)64)49-43-51-41(47-36-10-6-3-7-11-36)53-45(55-43)59-24-20-57(21-25-59)27-29-61/h2-17,30-31,60-61H,18-29H2,1H3,(H,62,63,64)(H2,46,48,50,52,54)(H2,47,49,51,53,55)/b13-12+. The van der Waals surface area contributed by atoms with Crippen molar-refractivity contribution in [3.05, 3.63) is 114 Å². The largest absolute Gasteiger partial charge is 0.395 e. The molecule has 0 spiro atoms. The number of nitrogens with one attached hydrogen (secondary N) is 4. The van der Waals surface area contributed by atoms with Gasteiger partial charge in [0.15, 0.2) is 0 Å². The fourth-order valence-corrected chi connectivity index (χ4v) is 8.22. The summed E-state index contributed by atoms with van der Waals surface area (Å²) in [5.41, 5.74) is 4.66. The summed E-state index contributed by atoms with van der Waals surface area (Å²) in [5, 5.41) is 31.8. The van der Waals surface area contributed by atoms with Crippen molar-refractivity contribution in [3.63, 3.8) is 0 Å². The highest BCUT2D eigenvalue weighted by Crippen LogP contribution is 2.28. The number of rotatable bonds is 17. The van der Waals surface area contributed by atoms with Gasteiger partial charge in [-0.15, -0.1) is 0 Å². The Labute approximate surface area is 377 Å². The number of aliphatic hydroxyl groups excluding tert-OH is 2. The van der Waals surface area contributed by atoms with E-state index < -0.39 is 10.1 Å². The summed E-state index contributed by atoms with van der Waals surface area (Å²) in [6.45, 7) is 9.05. The van der Waals surface area contributed by atoms with Crippen molar-refractivity contribution in [2.45, 2.75) is 11.8 Å². The number of anilines is 10. The zero-order chi connectivity index (χ0) is 45.2. The number of hydrogen-bond acceptors (Lipinski definition) is 18. The van der Waals surface area contributed by atoms with Gasteiger partial charge in [-0.05, 0) is 72.1 Å². The van der Waals surface area contributed by atoms with Gasteiger partial charge in [-0.3, -0.25) is 14.4 Å². The third-order valence-electron chi connectivity index (χ3n) is 11.0. The summed E-state index contributed by atoms with van der Waals surface area (Å²) in [4.78, 5) is 36.3. The molecule has 6 aromatic rings. The first-order chi connectivity index (χ1) is 31.6. The van der Waals surface area contributed by atoms with Crippen LogP contribution in [0.1, 0.15) is 16.7 Å². The minimum absolute atomic E-state index is 0.0865. The minimum Gasteiger partial charge on any atom is -0.395 e. The molecule has 0 aliphatic carbocycles. The van der Waals surface area contributed by atoms with Gasteiger partial charge >= 0.3 is 0 Å². The van der Waals surface area contributed by atoms with Gasteiger partial charge in [0.25, 0.3) is 10.1 Å². The van der Waals surface area contributed by atoms with Crippen LogP contribution in [-0.2, 0) is 10.1 Å².